The molecule has 0 radical (unpaired) electrons. The van der Waals surface area contributed by atoms with Crippen molar-refractivity contribution in [3.8, 4) is 0 Å². The number of Topliss-reactive ketones (excluding diaryl/α,β-unsaturated/α-hetero) is 1. The topological polar surface area (TPSA) is 129 Å². The van der Waals surface area contributed by atoms with Crippen LogP contribution < -0.4 is 10.6 Å². The highest BCUT2D eigenvalue weighted by Crippen LogP contribution is 2.30. The summed E-state index contributed by atoms with van der Waals surface area (Å²) in [4.78, 5) is 39.2. The third-order valence-electron chi connectivity index (χ3n) is 7.27. The van der Waals surface area contributed by atoms with E-state index in [1.807, 2.05) is 29.8 Å². The van der Waals surface area contributed by atoms with Gasteiger partial charge in [0, 0.05) is 48.3 Å². The van der Waals surface area contributed by atoms with Crippen LogP contribution in [0, 0.1) is 11.3 Å². The summed E-state index contributed by atoms with van der Waals surface area (Å²) in [5.41, 5.74) is 9.04. The van der Waals surface area contributed by atoms with Crippen molar-refractivity contribution >= 4 is 52.5 Å². The number of benzene rings is 2. The average Bonchev–Trinajstić information content (AvgIpc) is 3.22. The lowest BCUT2D eigenvalue weighted by molar-refractivity contribution is -0.136. The summed E-state index contributed by atoms with van der Waals surface area (Å²) in [6.45, 7) is -0.393. The van der Waals surface area contributed by atoms with Crippen LogP contribution in [0.3, 0.4) is 0 Å². The first-order valence-electron chi connectivity index (χ1n) is 12.8. The van der Waals surface area contributed by atoms with Crippen molar-refractivity contribution in [1.29, 1.82) is 5.41 Å². The molecule has 1 aliphatic carbocycles. The number of amides is 1. The molecule has 0 unspecified atom stereocenters. The Bertz CT molecular complexity index is 1330. The predicted octanol–water partition coefficient (Wildman–Crippen LogP) is 5.09. The third-order valence-corrected chi connectivity index (χ3v) is 7.27. The van der Waals surface area contributed by atoms with Crippen molar-refractivity contribution in [2.45, 2.75) is 51.4 Å². The molecule has 1 heterocycles. The van der Waals surface area contributed by atoms with E-state index in [2.05, 4.69) is 0 Å². The summed E-state index contributed by atoms with van der Waals surface area (Å²) in [6.07, 6.45) is 8.49. The molecule has 9 heteroatoms. The number of aliphatic carboxylic acids is 1. The number of carbonyl (C=O) groups excluding carboxylic acids is 2. The van der Waals surface area contributed by atoms with E-state index in [9.17, 15) is 19.5 Å². The molecule has 2 aromatic carbocycles. The van der Waals surface area contributed by atoms with Gasteiger partial charge >= 0.3 is 5.97 Å². The highest BCUT2D eigenvalue weighted by atomic mass is 35.5. The van der Waals surface area contributed by atoms with E-state index in [0.29, 0.717) is 42.0 Å². The summed E-state index contributed by atoms with van der Waals surface area (Å²) in [7, 11) is 1.84. The number of nitrogens with one attached hydrogen (secondary N) is 1. The number of carboxylic acids is 1. The molecule has 202 valence electrons. The van der Waals surface area contributed by atoms with Crippen LogP contribution in [0.4, 0.5) is 5.69 Å². The minimum Gasteiger partial charge on any atom is -0.480 e. The highest BCUT2D eigenvalue weighted by molar-refractivity contribution is 6.09. The van der Waals surface area contributed by atoms with Gasteiger partial charge in [-0.1, -0.05) is 49.6 Å². The minimum absolute atomic E-state index is 0. The molecule has 1 aromatic heterocycles. The Hall–Kier alpha value is -3.65. The van der Waals surface area contributed by atoms with Crippen molar-refractivity contribution in [3.05, 3.63) is 65.4 Å². The summed E-state index contributed by atoms with van der Waals surface area (Å²) in [6, 6.07) is 12.7. The van der Waals surface area contributed by atoms with Gasteiger partial charge in [-0.15, -0.1) is 12.4 Å². The molecule has 1 aliphatic rings. The molecule has 0 bridgehead atoms. The van der Waals surface area contributed by atoms with E-state index >= 15 is 0 Å². The van der Waals surface area contributed by atoms with Crippen molar-refractivity contribution in [3.63, 3.8) is 0 Å². The van der Waals surface area contributed by atoms with E-state index in [1.165, 1.54) is 11.3 Å². The van der Waals surface area contributed by atoms with Crippen LogP contribution in [0.5, 0.6) is 0 Å². The first kappa shape index (κ1) is 28.9. The molecule has 0 spiro atoms. The van der Waals surface area contributed by atoms with Crippen LogP contribution in [-0.2, 0) is 23.1 Å². The molecule has 0 aliphatic heterocycles. The van der Waals surface area contributed by atoms with Crippen LogP contribution in [0.1, 0.15) is 66.4 Å². The molecule has 3 aromatic rings. The molecule has 0 atom stereocenters. The van der Waals surface area contributed by atoms with Crippen molar-refractivity contribution < 1.29 is 19.5 Å². The smallest absolute Gasteiger partial charge is 0.323 e. The number of carboxylic acid groups (broad SMARTS) is 1. The number of anilines is 1. The lowest BCUT2D eigenvalue weighted by Crippen LogP contribution is -2.37. The number of carbonyl (C=O) groups is 3. The standard InChI is InChI=1S/C29H34N4O4.ClH/c1-32-17-24(26(34)14-9-19-7-10-21(11-8-19)29(30)31)23-13-12-22(16-25(23)32)33(18-28(36)37)27(35)15-20-5-3-2-4-6-20;/h7-8,10-13,16-17,20H,2-6,9,14-15,18H2,1H3,(H3,30,31)(H,36,37);1H. The molecule has 38 heavy (non-hydrogen) atoms. The second kappa shape index (κ2) is 12.7. The predicted molar refractivity (Wildman–Crippen MR) is 151 cm³/mol. The Morgan fingerprint density at radius 3 is 2.39 bits per heavy atom. The van der Waals surface area contributed by atoms with E-state index in [-0.39, 0.29) is 29.9 Å². The maximum atomic E-state index is 13.1. The molecule has 8 nitrogen and oxygen atoms in total. The van der Waals surface area contributed by atoms with Gasteiger partial charge in [0.2, 0.25) is 5.91 Å². The average molecular weight is 539 g/mol. The number of fused-ring (bicyclic) bond motifs is 1. The van der Waals surface area contributed by atoms with Crippen molar-refractivity contribution in [2.75, 3.05) is 11.4 Å². The largest absolute Gasteiger partial charge is 0.480 e. The number of nitrogen functional groups attached to an aromatic ring is 1. The molecular formula is C29H35ClN4O4. The van der Waals surface area contributed by atoms with Crippen LogP contribution in [0.2, 0.25) is 0 Å². The molecule has 4 rings (SSSR count). The first-order chi connectivity index (χ1) is 17.7. The summed E-state index contributed by atoms with van der Waals surface area (Å²) >= 11 is 0. The first-order valence-corrected chi connectivity index (χ1v) is 12.8. The van der Waals surface area contributed by atoms with Crippen molar-refractivity contribution in [2.24, 2.45) is 18.7 Å². The Kier molecular flexibility index (Phi) is 9.69. The van der Waals surface area contributed by atoms with Gasteiger partial charge in [-0.3, -0.25) is 19.8 Å². The van der Waals surface area contributed by atoms with E-state index in [4.69, 9.17) is 11.1 Å². The maximum Gasteiger partial charge on any atom is 0.323 e. The van der Waals surface area contributed by atoms with Gasteiger partial charge in [0.15, 0.2) is 5.78 Å². The summed E-state index contributed by atoms with van der Waals surface area (Å²) in [5, 5.41) is 17.7. The Morgan fingerprint density at radius 2 is 1.76 bits per heavy atom. The number of rotatable bonds is 10. The zero-order valence-corrected chi connectivity index (χ0v) is 22.4. The Balaban J connectivity index is 0.00000400. The van der Waals surface area contributed by atoms with Gasteiger partial charge in [0.05, 0.1) is 5.52 Å². The fraction of sp³-hybridized carbons (Fsp3) is 0.379. The second-order valence-electron chi connectivity index (χ2n) is 9.97. The number of ketones is 1. The zero-order valence-electron chi connectivity index (χ0n) is 21.6. The second-order valence-corrected chi connectivity index (χ2v) is 9.97. The molecule has 4 N–H and O–H groups in total. The van der Waals surface area contributed by atoms with Gasteiger partial charge in [0.1, 0.15) is 12.4 Å². The van der Waals surface area contributed by atoms with Gasteiger partial charge < -0.3 is 20.3 Å². The number of nitrogens with zero attached hydrogens (tertiary/aromatic N) is 2. The number of aromatic nitrogens is 1. The fourth-order valence-electron chi connectivity index (χ4n) is 5.21. The van der Waals surface area contributed by atoms with Crippen LogP contribution in [0.15, 0.2) is 48.7 Å². The number of hydrogen-bond donors (Lipinski definition) is 3. The van der Waals surface area contributed by atoms with Gasteiger partial charge in [-0.25, -0.2) is 0 Å². The lowest BCUT2D eigenvalue weighted by Gasteiger charge is -2.26. The monoisotopic (exact) mass is 538 g/mol. The number of halogens is 1. The number of amidine groups is 1. The SMILES string of the molecule is Cl.Cn1cc(C(=O)CCc2ccc(C(=N)N)cc2)c2ccc(N(CC(=O)O)C(=O)CC3CCCCC3)cc21. The van der Waals surface area contributed by atoms with Crippen molar-refractivity contribution in [1.82, 2.24) is 4.57 Å². The van der Waals surface area contributed by atoms with Crippen LogP contribution >= 0.6 is 12.4 Å². The Morgan fingerprint density at radius 1 is 1.08 bits per heavy atom. The van der Waals surface area contributed by atoms with E-state index in [1.54, 1.807) is 30.5 Å². The molecule has 1 amide bonds. The lowest BCUT2D eigenvalue weighted by atomic mass is 9.86. The normalized spacial score (nSPS) is 13.6. The Labute approximate surface area is 228 Å². The maximum absolute atomic E-state index is 13.1. The van der Waals surface area contributed by atoms with Crippen LogP contribution in [-0.4, -0.2) is 39.7 Å². The van der Waals surface area contributed by atoms with Gasteiger partial charge in [-0.05, 0) is 42.9 Å². The van der Waals surface area contributed by atoms with E-state index < -0.39 is 12.5 Å². The number of hydrogen-bond acceptors (Lipinski definition) is 4. The number of nitrogens with two attached hydrogens (primary N) is 1. The molecule has 0 saturated heterocycles. The molecular weight excluding hydrogens is 504 g/mol. The highest BCUT2D eigenvalue weighted by Gasteiger charge is 2.25. The minimum atomic E-state index is -1.06. The molecule has 1 saturated carbocycles. The number of aryl methyl sites for hydroxylation is 2. The van der Waals surface area contributed by atoms with Crippen LogP contribution in [0.25, 0.3) is 10.9 Å². The van der Waals surface area contributed by atoms with Gasteiger partial charge in [-0.2, -0.15) is 0 Å². The quantitative estimate of drug-likeness (QED) is 0.188. The third kappa shape index (κ3) is 6.81. The van der Waals surface area contributed by atoms with E-state index in [0.717, 1.165) is 42.1 Å². The zero-order chi connectivity index (χ0) is 26.5. The fourth-order valence-corrected chi connectivity index (χ4v) is 5.21. The summed E-state index contributed by atoms with van der Waals surface area (Å²) < 4.78 is 1.85. The summed E-state index contributed by atoms with van der Waals surface area (Å²) in [5.74, 6) is -0.912. The molecule has 1 fully saturated rings. The van der Waals surface area contributed by atoms with Gasteiger partial charge in [0.25, 0.3) is 0 Å².